The number of rotatable bonds is 6. The maximum atomic E-state index is 12.2. The number of carbonyl (C=O) groups is 3. The molecule has 134 valence electrons. The van der Waals surface area contributed by atoms with Crippen LogP contribution in [0.5, 0.6) is 0 Å². The Bertz CT molecular complexity index is 820. The first-order valence-electron chi connectivity index (χ1n) is 7.57. The van der Waals surface area contributed by atoms with Gasteiger partial charge < -0.3 is 15.4 Å². The molecule has 2 N–H and O–H groups in total. The first-order valence-corrected chi connectivity index (χ1v) is 7.94. The molecule has 0 saturated carbocycles. The van der Waals surface area contributed by atoms with Gasteiger partial charge in [-0.1, -0.05) is 41.9 Å². The van der Waals surface area contributed by atoms with E-state index in [9.17, 15) is 14.4 Å². The summed E-state index contributed by atoms with van der Waals surface area (Å²) in [6.07, 6.45) is 2.84. The van der Waals surface area contributed by atoms with Gasteiger partial charge in [0, 0.05) is 13.1 Å². The predicted molar refractivity (Wildman–Crippen MR) is 97.1 cm³/mol. The first-order chi connectivity index (χ1) is 12.4. The lowest BCUT2D eigenvalue weighted by molar-refractivity contribution is -0.144. The lowest BCUT2D eigenvalue weighted by Crippen LogP contribution is -2.29. The first kappa shape index (κ1) is 19.1. The number of hydrogen-bond acceptors (Lipinski definition) is 5. The number of esters is 1. The minimum atomic E-state index is -0.830. The number of pyridine rings is 1. The molecule has 2 rings (SSSR count). The second-order valence-electron chi connectivity index (χ2n) is 5.14. The van der Waals surface area contributed by atoms with Gasteiger partial charge >= 0.3 is 5.97 Å². The Labute approximate surface area is 155 Å². The van der Waals surface area contributed by atoms with Crippen molar-refractivity contribution in [2.45, 2.75) is 6.92 Å². The molecule has 1 aromatic carbocycles. The number of benzene rings is 1. The molecule has 0 aliphatic heterocycles. The summed E-state index contributed by atoms with van der Waals surface area (Å²) < 4.78 is 4.95. The molecule has 0 aliphatic rings. The maximum Gasteiger partial charge on any atom is 0.355 e. The summed E-state index contributed by atoms with van der Waals surface area (Å²) in [4.78, 5) is 39.2. The molecular weight excluding hydrogens is 358 g/mol. The van der Waals surface area contributed by atoms with Gasteiger partial charge in [0.25, 0.3) is 5.91 Å². The van der Waals surface area contributed by atoms with Gasteiger partial charge in [-0.05, 0) is 23.8 Å². The summed E-state index contributed by atoms with van der Waals surface area (Å²) in [6.45, 7) is 0.736. The SMILES string of the molecule is CC(=O)N/C(=C/c1ccccc1)C(=O)OCC(=O)Nc1ccc(Cl)cn1. The molecule has 0 atom stereocenters. The van der Waals surface area contributed by atoms with Crippen molar-refractivity contribution in [2.24, 2.45) is 0 Å². The fourth-order valence-electron chi connectivity index (χ4n) is 1.89. The zero-order valence-electron chi connectivity index (χ0n) is 13.9. The second kappa shape index (κ2) is 9.33. The van der Waals surface area contributed by atoms with Crippen LogP contribution in [0.3, 0.4) is 0 Å². The molecule has 1 heterocycles. The lowest BCUT2D eigenvalue weighted by atomic mass is 10.2. The molecule has 0 spiro atoms. The molecule has 0 saturated heterocycles. The quantitative estimate of drug-likeness (QED) is 0.598. The highest BCUT2D eigenvalue weighted by Gasteiger charge is 2.15. The van der Waals surface area contributed by atoms with Crippen LogP contribution in [0.25, 0.3) is 6.08 Å². The Kier molecular flexibility index (Phi) is 6.87. The van der Waals surface area contributed by atoms with Crippen LogP contribution in [0.2, 0.25) is 5.02 Å². The van der Waals surface area contributed by atoms with Crippen molar-refractivity contribution < 1.29 is 19.1 Å². The molecule has 2 amide bonds. The Hall–Kier alpha value is -3.19. The van der Waals surface area contributed by atoms with E-state index in [4.69, 9.17) is 16.3 Å². The number of aromatic nitrogens is 1. The van der Waals surface area contributed by atoms with Crippen molar-refractivity contribution in [3.05, 3.63) is 64.9 Å². The van der Waals surface area contributed by atoms with Crippen LogP contribution in [0, 0.1) is 0 Å². The minimum Gasteiger partial charge on any atom is -0.451 e. The molecular formula is C18H16ClN3O4. The zero-order valence-corrected chi connectivity index (χ0v) is 14.6. The summed E-state index contributed by atoms with van der Waals surface area (Å²) in [6, 6.07) is 12.0. The Morgan fingerprint density at radius 1 is 1.15 bits per heavy atom. The molecule has 8 heteroatoms. The lowest BCUT2D eigenvalue weighted by Gasteiger charge is -2.09. The number of carbonyl (C=O) groups excluding carboxylic acids is 3. The van der Waals surface area contributed by atoms with Crippen LogP contribution in [-0.4, -0.2) is 29.4 Å². The zero-order chi connectivity index (χ0) is 18.9. The fourth-order valence-corrected chi connectivity index (χ4v) is 2.00. The molecule has 0 fully saturated rings. The van der Waals surface area contributed by atoms with Crippen molar-refractivity contribution in [2.75, 3.05) is 11.9 Å². The number of nitrogens with zero attached hydrogens (tertiary/aromatic N) is 1. The minimum absolute atomic E-state index is 0.0684. The summed E-state index contributed by atoms with van der Waals surface area (Å²) in [5.74, 6) is -1.56. The standard InChI is InChI=1S/C18H16ClN3O4/c1-12(23)21-15(9-13-5-3-2-4-6-13)18(25)26-11-17(24)22-16-8-7-14(19)10-20-16/h2-10H,11H2,1H3,(H,21,23)(H,20,22,24)/b15-9+. The summed E-state index contributed by atoms with van der Waals surface area (Å²) >= 11 is 5.71. The number of nitrogens with one attached hydrogen (secondary N) is 2. The molecule has 1 aromatic heterocycles. The van der Waals surface area contributed by atoms with Crippen molar-refractivity contribution >= 4 is 41.3 Å². The monoisotopic (exact) mass is 373 g/mol. The van der Waals surface area contributed by atoms with Crippen molar-refractivity contribution in [3.63, 3.8) is 0 Å². The van der Waals surface area contributed by atoms with Crippen molar-refractivity contribution in [1.29, 1.82) is 0 Å². The van der Waals surface area contributed by atoms with Crippen LogP contribution in [0.1, 0.15) is 12.5 Å². The highest BCUT2D eigenvalue weighted by Crippen LogP contribution is 2.10. The molecule has 0 bridgehead atoms. The predicted octanol–water partition coefficient (Wildman–Crippen LogP) is 2.39. The molecule has 26 heavy (non-hydrogen) atoms. The maximum absolute atomic E-state index is 12.2. The van der Waals surface area contributed by atoms with Crippen LogP contribution in [0.4, 0.5) is 5.82 Å². The highest BCUT2D eigenvalue weighted by atomic mass is 35.5. The van der Waals surface area contributed by atoms with Gasteiger partial charge in [0.15, 0.2) is 6.61 Å². The third-order valence-electron chi connectivity index (χ3n) is 2.97. The fraction of sp³-hybridized carbons (Fsp3) is 0.111. The Morgan fingerprint density at radius 3 is 2.50 bits per heavy atom. The molecule has 0 aliphatic carbocycles. The van der Waals surface area contributed by atoms with E-state index in [-0.39, 0.29) is 11.5 Å². The summed E-state index contributed by atoms with van der Waals surface area (Å²) in [5, 5.41) is 5.29. The smallest absolute Gasteiger partial charge is 0.355 e. The van der Waals surface area contributed by atoms with E-state index in [0.29, 0.717) is 10.6 Å². The Balaban J connectivity index is 1.98. The van der Waals surface area contributed by atoms with Crippen LogP contribution in [0.15, 0.2) is 54.4 Å². The largest absolute Gasteiger partial charge is 0.451 e. The molecule has 7 nitrogen and oxygen atoms in total. The highest BCUT2D eigenvalue weighted by molar-refractivity contribution is 6.30. The topological polar surface area (TPSA) is 97.4 Å². The number of hydrogen-bond donors (Lipinski definition) is 2. The van der Waals surface area contributed by atoms with E-state index in [2.05, 4.69) is 15.6 Å². The van der Waals surface area contributed by atoms with Gasteiger partial charge in [0.1, 0.15) is 11.5 Å². The van der Waals surface area contributed by atoms with Crippen LogP contribution < -0.4 is 10.6 Å². The number of anilines is 1. The van der Waals surface area contributed by atoms with E-state index in [1.807, 2.05) is 6.07 Å². The van der Waals surface area contributed by atoms with Gasteiger partial charge in [-0.25, -0.2) is 9.78 Å². The van der Waals surface area contributed by atoms with Gasteiger partial charge in [-0.15, -0.1) is 0 Å². The average molecular weight is 374 g/mol. The van der Waals surface area contributed by atoms with E-state index < -0.39 is 24.4 Å². The third kappa shape index (κ3) is 6.37. The summed E-state index contributed by atoms with van der Waals surface area (Å²) in [5.41, 5.74) is 0.629. The van der Waals surface area contributed by atoms with Crippen LogP contribution in [-0.2, 0) is 19.1 Å². The average Bonchev–Trinajstić information content (AvgIpc) is 2.61. The van der Waals surface area contributed by atoms with E-state index in [0.717, 1.165) is 0 Å². The number of ether oxygens (including phenoxy) is 1. The Morgan fingerprint density at radius 2 is 1.88 bits per heavy atom. The number of halogens is 1. The van der Waals surface area contributed by atoms with Gasteiger partial charge in [-0.3, -0.25) is 9.59 Å². The van der Waals surface area contributed by atoms with Gasteiger partial charge in [0.05, 0.1) is 5.02 Å². The molecule has 2 aromatic rings. The normalized spacial score (nSPS) is 10.8. The van der Waals surface area contributed by atoms with E-state index in [1.54, 1.807) is 30.3 Å². The number of amides is 2. The van der Waals surface area contributed by atoms with E-state index >= 15 is 0 Å². The van der Waals surface area contributed by atoms with Gasteiger partial charge in [-0.2, -0.15) is 0 Å². The second-order valence-corrected chi connectivity index (χ2v) is 5.57. The summed E-state index contributed by atoms with van der Waals surface area (Å²) in [7, 11) is 0. The van der Waals surface area contributed by atoms with Crippen molar-refractivity contribution in [1.82, 2.24) is 10.3 Å². The third-order valence-corrected chi connectivity index (χ3v) is 3.19. The molecule has 0 radical (unpaired) electrons. The van der Waals surface area contributed by atoms with Crippen molar-refractivity contribution in [3.8, 4) is 0 Å². The van der Waals surface area contributed by atoms with Gasteiger partial charge in [0.2, 0.25) is 5.91 Å². The van der Waals surface area contributed by atoms with Crippen LogP contribution >= 0.6 is 11.6 Å². The van der Waals surface area contributed by atoms with E-state index in [1.165, 1.54) is 25.3 Å². The molecule has 0 unspecified atom stereocenters.